The normalized spacial score (nSPS) is 23.8. The molecule has 9 nitrogen and oxygen atoms in total. The van der Waals surface area contributed by atoms with Crippen LogP contribution in [0.25, 0.3) is 0 Å². The van der Waals surface area contributed by atoms with Crippen LogP contribution in [-0.4, -0.2) is 53.4 Å². The lowest BCUT2D eigenvalue weighted by Crippen LogP contribution is -2.46. The van der Waals surface area contributed by atoms with Crippen LogP contribution in [0.5, 0.6) is 0 Å². The predicted molar refractivity (Wildman–Crippen MR) is 127 cm³/mol. The van der Waals surface area contributed by atoms with Crippen LogP contribution in [0.4, 0.5) is 32.8 Å². The van der Waals surface area contributed by atoms with E-state index in [9.17, 15) is 32.3 Å². The van der Waals surface area contributed by atoms with Gasteiger partial charge in [0, 0.05) is 25.1 Å². The molecule has 0 radical (unpaired) electrons. The monoisotopic (exact) mass is 548 g/mol. The van der Waals surface area contributed by atoms with E-state index in [4.69, 9.17) is 4.74 Å². The molecule has 2 N–H and O–H groups in total. The fraction of sp³-hybridized carbons (Fsp3) is 0.385. The molecule has 3 aliphatic rings. The second-order valence-electron chi connectivity index (χ2n) is 9.79. The second kappa shape index (κ2) is 9.54. The molecule has 0 aromatic heterocycles. The summed E-state index contributed by atoms with van der Waals surface area (Å²) in [6, 6.07) is 2.45. The van der Waals surface area contributed by atoms with Crippen molar-refractivity contribution in [3.05, 3.63) is 64.2 Å². The molecule has 1 aliphatic carbocycles. The zero-order valence-electron chi connectivity index (χ0n) is 20.9. The zero-order chi connectivity index (χ0) is 28.2. The van der Waals surface area contributed by atoms with Crippen LogP contribution in [0.2, 0.25) is 0 Å². The summed E-state index contributed by atoms with van der Waals surface area (Å²) < 4.78 is 61.9. The van der Waals surface area contributed by atoms with E-state index >= 15 is 4.39 Å². The molecular weight excluding hydrogens is 524 g/mol. The molecule has 0 bridgehead atoms. The highest BCUT2D eigenvalue weighted by molar-refractivity contribution is 6.06. The van der Waals surface area contributed by atoms with Crippen molar-refractivity contribution >= 4 is 29.6 Å². The van der Waals surface area contributed by atoms with E-state index in [1.54, 1.807) is 6.92 Å². The van der Waals surface area contributed by atoms with Gasteiger partial charge in [0.25, 0.3) is 5.91 Å². The fourth-order valence-electron chi connectivity index (χ4n) is 5.69. The Kier molecular flexibility index (Phi) is 6.47. The number of ether oxygens (including phenoxy) is 1. The van der Waals surface area contributed by atoms with E-state index in [2.05, 4.69) is 10.6 Å². The number of nitrogens with one attached hydrogen (secondary N) is 2. The largest absolute Gasteiger partial charge is 0.427 e. The quantitative estimate of drug-likeness (QED) is 0.446. The number of fused-ring (bicyclic) bond motifs is 2. The molecule has 39 heavy (non-hydrogen) atoms. The maximum absolute atomic E-state index is 15.1. The van der Waals surface area contributed by atoms with E-state index in [0.29, 0.717) is 17.7 Å². The second-order valence-corrected chi connectivity index (χ2v) is 9.79. The third-order valence-electron chi connectivity index (χ3n) is 7.59. The average Bonchev–Trinajstić information content (AvgIpc) is 3.54. The number of halogens is 4. The van der Waals surface area contributed by atoms with Crippen molar-refractivity contribution < 1.29 is 41.5 Å². The summed E-state index contributed by atoms with van der Waals surface area (Å²) in [6.45, 7) is 1.00. The molecular formula is C26H24F4N4O5. The van der Waals surface area contributed by atoms with E-state index in [-0.39, 0.29) is 35.2 Å². The standard InChI is InChI=1S/C26H24F4N4O5/c1-12-3-6-19(13-9-16(27)22(30)17(28)10-13)34(12)20(35)11-33-23(36)26(39-25(33)38)8-7-14-15(26)4-5-18(21(14)29)32-24(37)31-2/h4-5,9-10,12,19H,3,6-8,11H2,1-2H3,(H2,31,32,37)/t12-,19-,26+/m0/s1. The van der Waals surface area contributed by atoms with Crippen molar-refractivity contribution in [3.8, 4) is 0 Å². The molecule has 5 amide bonds. The number of imide groups is 1. The molecule has 206 valence electrons. The first-order chi connectivity index (χ1) is 18.5. The first-order valence-electron chi connectivity index (χ1n) is 12.3. The van der Waals surface area contributed by atoms with Gasteiger partial charge in [-0.25, -0.2) is 32.1 Å². The lowest BCUT2D eigenvalue weighted by atomic mass is 9.94. The smallest absolute Gasteiger partial charge is 0.418 e. The van der Waals surface area contributed by atoms with Gasteiger partial charge in [-0.2, -0.15) is 0 Å². The number of hydrogen-bond acceptors (Lipinski definition) is 5. The minimum Gasteiger partial charge on any atom is -0.427 e. The summed E-state index contributed by atoms with van der Waals surface area (Å²) >= 11 is 0. The molecule has 2 fully saturated rings. The Morgan fingerprint density at radius 2 is 1.77 bits per heavy atom. The lowest BCUT2D eigenvalue weighted by molar-refractivity contribution is -0.143. The van der Waals surface area contributed by atoms with Gasteiger partial charge in [-0.15, -0.1) is 0 Å². The Morgan fingerprint density at radius 1 is 1.08 bits per heavy atom. The van der Waals surface area contributed by atoms with Gasteiger partial charge in [-0.1, -0.05) is 6.07 Å². The topological polar surface area (TPSA) is 108 Å². The fourth-order valence-corrected chi connectivity index (χ4v) is 5.69. The molecule has 2 aromatic rings. The third-order valence-corrected chi connectivity index (χ3v) is 7.59. The summed E-state index contributed by atoms with van der Waals surface area (Å²) in [6.07, 6.45) is -0.305. The SMILES string of the molecule is CNC(=O)Nc1ccc2c(c1F)CC[C@@]21OC(=O)N(CC(=O)N2[C@@H](C)CC[C@H]2c2cc(F)c(F)c(F)c2)C1=O. The number of urea groups is 1. The minimum atomic E-state index is -1.82. The molecule has 1 spiro atoms. The molecule has 13 heteroatoms. The van der Waals surface area contributed by atoms with Crippen LogP contribution in [0.3, 0.4) is 0 Å². The first-order valence-corrected chi connectivity index (χ1v) is 12.3. The van der Waals surface area contributed by atoms with Crippen molar-refractivity contribution in [2.24, 2.45) is 0 Å². The maximum atomic E-state index is 15.1. The van der Waals surface area contributed by atoms with Gasteiger partial charge in [0.05, 0.1) is 11.7 Å². The summed E-state index contributed by atoms with van der Waals surface area (Å²) in [4.78, 5) is 53.2. The van der Waals surface area contributed by atoms with Crippen molar-refractivity contribution in [2.75, 3.05) is 18.9 Å². The summed E-state index contributed by atoms with van der Waals surface area (Å²) in [5, 5.41) is 4.65. The Labute approximate surface area is 220 Å². The number of likely N-dealkylation sites (tertiary alicyclic amines) is 1. The van der Waals surface area contributed by atoms with Gasteiger partial charge < -0.3 is 20.3 Å². The minimum absolute atomic E-state index is 0.0398. The van der Waals surface area contributed by atoms with Gasteiger partial charge in [-0.3, -0.25) is 9.59 Å². The highest BCUT2D eigenvalue weighted by Gasteiger charge is 2.59. The Balaban J connectivity index is 1.39. The van der Waals surface area contributed by atoms with Gasteiger partial charge in [-0.05, 0) is 55.5 Å². The molecule has 2 aliphatic heterocycles. The van der Waals surface area contributed by atoms with Crippen LogP contribution in [0, 0.1) is 23.3 Å². The van der Waals surface area contributed by atoms with Gasteiger partial charge >= 0.3 is 12.1 Å². The zero-order valence-corrected chi connectivity index (χ0v) is 20.9. The predicted octanol–water partition coefficient (Wildman–Crippen LogP) is 3.87. The van der Waals surface area contributed by atoms with Gasteiger partial charge in [0.15, 0.2) is 17.5 Å². The number of amides is 5. The highest BCUT2D eigenvalue weighted by Crippen LogP contribution is 2.47. The maximum Gasteiger partial charge on any atom is 0.418 e. The third kappa shape index (κ3) is 4.16. The van der Waals surface area contributed by atoms with E-state index in [1.807, 2.05) is 0 Å². The molecule has 2 saturated heterocycles. The summed E-state index contributed by atoms with van der Waals surface area (Å²) in [5.41, 5.74) is -1.65. The van der Waals surface area contributed by atoms with Crippen LogP contribution in [0.15, 0.2) is 24.3 Å². The van der Waals surface area contributed by atoms with Crippen molar-refractivity contribution in [1.29, 1.82) is 0 Å². The summed E-state index contributed by atoms with van der Waals surface area (Å²) in [5.74, 6) is -6.68. The number of carbonyl (C=O) groups is 4. The first kappa shape index (κ1) is 26.4. The Morgan fingerprint density at radius 3 is 2.44 bits per heavy atom. The Bertz CT molecular complexity index is 1400. The molecule has 3 atom stereocenters. The molecule has 0 unspecified atom stereocenters. The number of benzene rings is 2. The molecule has 2 aromatic carbocycles. The van der Waals surface area contributed by atoms with Crippen molar-refractivity contribution in [1.82, 2.24) is 15.1 Å². The summed E-state index contributed by atoms with van der Waals surface area (Å²) in [7, 11) is 1.36. The van der Waals surface area contributed by atoms with Gasteiger partial charge in [0.1, 0.15) is 12.4 Å². The number of anilines is 1. The van der Waals surface area contributed by atoms with Crippen molar-refractivity contribution in [2.45, 2.75) is 50.3 Å². The molecule has 2 heterocycles. The highest BCUT2D eigenvalue weighted by atomic mass is 19.2. The lowest BCUT2D eigenvalue weighted by Gasteiger charge is -2.30. The Hall–Kier alpha value is -4.16. The number of rotatable bonds is 4. The van der Waals surface area contributed by atoms with E-state index in [1.165, 1.54) is 24.1 Å². The van der Waals surface area contributed by atoms with Gasteiger partial charge in [0.2, 0.25) is 11.5 Å². The molecule has 0 saturated carbocycles. The van der Waals surface area contributed by atoms with Crippen molar-refractivity contribution in [3.63, 3.8) is 0 Å². The number of carbonyl (C=O) groups excluding carboxylic acids is 4. The van der Waals surface area contributed by atoms with Crippen LogP contribution in [0.1, 0.15) is 48.9 Å². The van der Waals surface area contributed by atoms with Crippen LogP contribution < -0.4 is 10.6 Å². The van der Waals surface area contributed by atoms with E-state index in [0.717, 1.165) is 12.1 Å². The van der Waals surface area contributed by atoms with E-state index < -0.39 is 71.4 Å². The number of nitrogens with zero attached hydrogens (tertiary/aromatic N) is 2. The number of hydrogen-bond donors (Lipinski definition) is 2. The van der Waals surface area contributed by atoms with Crippen LogP contribution >= 0.6 is 0 Å². The average molecular weight is 548 g/mol. The van der Waals surface area contributed by atoms with Crippen LogP contribution in [-0.2, 0) is 26.3 Å². The molecule has 5 rings (SSSR count).